The number of imide groups is 1. The van der Waals surface area contributed by atoms with Crippen LogP contribution in [0.15, 0.2) is 12.6 Å². The number of pyridine rings is 1. The highest BCUT2D eigenvalue weighted by Gasteiger charge is 2.36. The van der Waals surface area contributed by atoms with E-state index in [1.165, 1.54) is 26.4 Å². The van der Waals surface area contributed by atoms with Crippen LogP contribution in [-0.2, 0) is 14.2 Å². The quantitative estimate of drug-likeness (QED) is 0.539. The molecule has 0 unspecified atom stereocenters. The standard InChI is InChI=1S/C20H28N2O7/c1-10-12-11-13(15(26-8)14(21-12)16(23)27-9)22(17(24)28-19(2,3)4)18(25)29-20(5,6)7/h10-11H,1H2,2-9H3. The average molecular weight is 408 g/mol. The molecule has 0 bridgehead atoms. The van der Waals surface area contributed by atoms with Gasteiger partial charge in [-0.25, -0.2) is 19.4 Å². The Kier molecular flexibility index (Phi) is 7.37. The van der Waals surface area contributed by atoms with Crippen molar-refractivity contribution in [1.82, 2.24) is 4.98 Å². The van der Waals surface area contributed by atoms with Crippen LogP contribution < -0.4 is 9.64 Å². The first-order chi connectivity index (χ1) is 13.2. The minimum absolute atomic E-state index is 0.0960. The Hall–Kier alpha value is -3.10. The van der Waals surface area contributed by atoms with Gasteiger partial charge in [-0.2, -0.15) is 4.90 Å². The summed E-state index contributed by atoms with van der Waals surface area (Å²) in [6.07, 6.45) is -0.679. The zero-order chi connectivity index (χ0) is 22.6. The Labute approximate surface area is 170 Å². The summed E-state index contributed by atoms with van der Waals surface area (Å²) >= 11 is 0. The lowest BCUT2D eigenvalue weighted by Gasteiger charge is -2.29. The summed E-state index contributed by atoms with van der Waals surface area (Å²) in [5.74, 6) is -0.973. The van der Waals surface area contributed by atoms with Crippen molar-refractivity contribution in [2.75, 3.05) is 19.1 Å². The van der Waals surface area contributed by atoms with E-state index in [-0.39, 0.29) is 22.8 Å². The van der Waals surface area contributed by atoms with Crippen LogP contribution in [0.2, 0.25) is 0 Å². The topological polar surface area (TPSA) is 104 Å². The van der Waals surface area contributed by atoms with Gasteiger partial charge in [-0.1, -0.05) is 6.58 Å². The first kappa shape index (κ1) is 23.9. The van der Waals surface area contributed by atoms with Gasteiger partial charge in [-0.3, -0.25) is 0 Å². The molecule has 1 rings (SSSR count). The van der Waals surface area contributed by atoms with E-state index in [2.05, 4.69) is 11.6 Å². The number of carbonyl (C=O) groups is 3. The fraction of sp³-hybridized carbons (Fsp3) is 0.500. The molecule has 29 heavy (non-hydrogen) atoms. The Morgan fingerprint density at radius 3 is 1.83 bits per heavy atom. The number of anilines is 1. The molecule has 2 amide bonds. The largest absolute Gasteiger partial charge is 0.492 e. The van der Waals surface area contributed by atoms with Gasteiger partial charge in [-0.15, -0.1) is 0 Å². The Balaban J connectivity index is 3.74. The van der Waals surface area contributed by atoms with Gasteiger partial charge in [0.05, 0.1) is 19.9 Å². The van der Waals surface area contributed by atoms with Crippen LogP contribution in [0.5, 0.6) is 5.75 Å². The molecule has 1 heterocycles. The molecule has 160 valence electrons. The second-order valence-corrected chi connectivity index (χ2v) is 7.94. The van der Waals surface area contributed by atoms with Gasteiger partial charge >= 0.3 is 18.2 Å². The van der Waals surface area contributed by atoms with E-state index in [1.807, 2.05) is 0 Å². The molecule has 0 aliphatic heterocycles. The van der Waals surface area contributed by atoms with Gasteiger partial charge in [0.15, 0.2) is 11.4 Å². The molecule has 0 N–H and O–H groups in total. The highest BCUT2D eigenvalue weighted by atomic mass is 16.6. The number of rotatable bonds is 4. The lowest BCUT2D eigenvalue weighted by molar-refractivity contribution is 0.0426. The minimum Gasteiger partial charge on any atom is -0.492 e. The lowest BCUT2D eigenvalue weighted by Crippen LogP contribution is -2.44. The average Bonchev–Trinajstić information content (AvgIpc) is 2.57. The van der Waals surface area contributed by atoms with E-state index in [1.54, 1.807) is 41.5 Å². The molecule has 0 atom stereocenters. The maximum absolute atomic E-state index is 12.9. The molecule has 0 saturated carbocycles. The van der Waals surface area contributed by atoms with Crippen LogP contribution in [0.25, 0.3) is 6.08 Å². The predicted octanol–water partition coefficient (Wildman–Crippen LogP) is 4.20. The zero-order valence-corrected chi connectivity index (χ0v) is 18.1. The number of hydrogen-bond donors (Lipinski definition) is 0. The van der Waals surface area contributed by atoms with E-state index in [4.69, 9.17) is 18.9 Å². The minimum atomic E-state index is -1.01. The van der Waals surface area contributed by atoms with Crippen LogP contribution in [0.1, 0.15) is 57.7 Å². The van der Waals surface area contributed by atoms with Crippen LogP contribution in [0, 0.1) is 0 Å². The fourth-order valence-corrected chi connectivity index (χ4v) is 2.13. The van der Waals surface area contributed by atoms with Gasteiger partial charge in [-0.05, 0) is 53.7 Å². The monoisotopic (exact) mass is 408 g/mol. The normalized spacial score (nSPS) is 11.3. The maximum atomic E-state index is 12.9. The van der Waals surface area contributed by atoms with Crippen molar-refractivity contribution in [1.29, 1.82) is 0 Å². The third kappa shape index (κ3) is 6.48. The van der Waals surface area contributed by atoms with E-state index in [9.17, 15) is 14.4 Å². The molecular formula is C20H28N2O7. The molecule has 0 saturated heterocycles. The summed E-state index contributed by atoms with van der Waals surface area (Å²) in [7, 11) is 2.44. The Morgan fingerprint density at radius 2 is 1.48 bits per heavy atom. The van der Waals surface area contributed by atoms with Gasteiger partial charge in [0.2, 0.25) is 0 Å². The Morgan fingerprint density at radius 1 is 1.00 bits per heavy atom. The summed E-state index contributed by atoms with van der Waals surface area (Å²) in [5, 5.41) is 0. The first-order valence-corrected chi connectivity index (χ1v) is 8.80. The number of methoxy groups -OCH3 is 2. The van der Waals surface area contributed by atoms with Crippen LogP contribution >= 0.6 is 0 Å². The molecule has 1 aromatic heterocycles. The molecule has 9 nitrogen and oxygen atoms in total. The van der Waals surface area contributed by atoms with Crippen LogP contribution in [0.4, 0.5) is 15.3 Å². The van der Waals surface area contributed by atoms with Gasteiger partial charge in [0.1, 0.15) is 16.9 Å². The summed E-state index contributed by atoms with van der Waals surface area (Å²) in [5.41, 5.74) is -1.92. The maximum Gasteiger partial charge on any atom is 0.424 e. The fourth-order valence-electron chi connectivity index (χ4n) is 2.13. The summed E-state index contributed by atoms with van der Waals surface area (Å²) in [6.45, 7) is 13.5. The molecule has 0 radical (unpaired) electrons. The molecule has 0 fully saturated rings. The number of carbonyl (C=O) groups excluding carboxylic acids is 3. The summed E-state index contributed by atoms with van der Waals surface area (Å²) in [6, 6.07) is 1.35. The predicted molar refractivity (Wildman–Crippen MR) is 107 cm³/mol. The van der Waals surface area contributed by atoms with Crippen molar-refractivity contribution >= 4 is 29.9 Å². The second-order valence-electron chi connectivity index (χ2n) is 7.94. The summed E-state index contributed by atoms with van der Waals surface area (Å²) in [4.78, 5) is 42.7. The molecule has 1 aromatic rings. The van der Waals surface area contributed by atoms with E-state index in [0.29, 0.717) is 4.90 Å². The molecular weight excluding hydrogens is 380 g/mol. The third-order valence-electron chi connectivity index (χ3n) is 3.16. The number of amides is 2. The number of hydrogen-bond acceptors (Lipinski definition) is 8. The lowest BCUT2D eigenvalue weighted by atomic mass is 10.2. The van der Waals surface area contributed by atoms with E-state index < -0.39 is 29.4 Å². The molecule has 0 aliphatic carbocycles. The molecule has 9 heteroatoms. The van der Waals surface area contributed by atoms with Crippen molar-refractivity contribution in [3.63, 3.8) is 0 Å². The number of aromatic nitrogens is 1. The first-order valence-electron chi connectivity index (χ1n) is 8.80. The van der Waals surface area contributed by atoms with Gasteiger partial charge < -0.3 is 18.9 Å². The van der Waals surface area contributed by atoms with Crippen LogP contribution in [-0.4, -0.2) is 48.6 Å². The molecule has 0 aliphatic rings. The van der Waals surface area contributed by atoms with E-state index >= 15 is 0 Å². The van der Waals surface area contributed by atoms with Gasteiger partial charge in [0, 0.05) is 0 Å². The van der Waals surface area contributed by atoms with Crippen molar-refractivity contribution in [3.05, 3.63) is 24.0 Å². The van der Waals surface area contributed by atoms with Crippen molar-refractivity contribution in [3.8, 4) is 5.75 Å². The number of esters is 1. The van der Waals surface area contributed by atoms with Crippen molar-refractivity contribution in [2.45, 2.75) is 52.7 Å². The molecule has 0 aromatic carbocycles. The SMILES string of the molecule is C=Cc1cc(N(C(=O)OC(C)(C)C)C(=O)OC(C)(C)C)c(OC)c(C(=O)OC)n1. The summed E-state index contributed by atoms with van der Waals surface area (Å²) < 4.78 is 20.7. The molecule has 0 spiro atoms. The third-order valence-corrected chi connectivity index (χ3v) is 3.16. The highest BCUT2D eigenvalue weighted by Crippen LogP contribution is 2.35. The van der Waals surface area contributed by atoms with Gasteiger partial charge in [0.25, 0.3) is 0 Å². The number of ether oxygens (including phenoxy) is 4. The highest BCUT2D eigenvalue weighted by molar-refractivity contribution is 6.11. The number of nitrogens with zero attached hydrogens (tertiary/aromatic N) is 2. The smallest absolute Gasteiger partial charge is 0.424 e. The second kappa shape index (κ2) is 8.93. The van der Waals surface area contributed by atoms with Crippen molar-refractivity contribution < 1.29 is 33.3 Å². The zero-order valence-electron chi connectivity index (χ0n) is 18.1. The van der Waals surface area contributed by atoms with Crippen LogP contribution in [0.3, 0.4) is 0 Å². The van der Waals surface area contributed by atoms with Crippen molar-refractivity contribution in [2.24, 2.45) is 0 Å². The Bertz CT molecular complexity index is 776. The van der Waals surface area contributed by atoms with E-state index in [0.717, 1.165) is 0 Å².